The molecule has 24 heavy (non-hydrogen) atoms. The third kappa shape index (κ3) is 4.01. The Balaban J connectivity index is 1.72. The lowest BCUT2D eigenvalue weighted by molar-refractivity contribution is -0.120. The molecule has 5 heteroatoms. The van der Waals surface area contributed by atoms with E-state index in [1.165, 1.54) is 24.3 Å². The van der Waals surface area contributed by atoms with Crippen LogP contribution in [0.1, 0.15) is 5.76 Å². The summed E-state index contributed by atoms with van der Waals surface area (Å²) in [4.78, 5) is 14.2. The second-order valence-corrected chi connectivity index (χ2v) is 5.14. The van der Waals surface area contributed by atoms with E-state index in [2.05, 4.69) is 0 Å². The van der Waals surface area contributed by atoms with Crippen LogP contribution >= 0.6 is 0 Å². The molecule has 0 aliphatic rings. The van der Waals surface area contributed by atoms with Crippen molar-refractivity contribution in [2.24, 2.45) is 0 Å². The molecule has 0 radical (unpaired) electrons. The van der Waals surface area contributed by atoms with Gasteiger partial charge in [-0.3, -0.25) is 4.79 Å². The first kappa shape index (κ1) is 15.8. The molecule has 0 saturated carbocycles. The minimum absolute atomic E-state index is 0.152. The van der Waals surface area contributed by atoms with E-state index < -0.39 is 0 Å². The molecule has 0 unspecified atom stereocenters. The number of hydrogen-bond acceptors (Lipinski definition) is 3. The van der Waals surface area contributed by atoms with Crippen molar-refractivity contribution in [3.8, 4) is 5.75 Å². The molecule has 3 rings (SSSR count). The van der Waals surface area contributed by atoms with Gasteiger partial charge in [-0.05, 0) is 48.5 Å². The fourth-order valence-electron chi connectivity index (χ4n) is 2.24. The number of ether oxygens (including phenoxy) is 1. The van der Waals surface area contributed by atoms with Crippen LogP contribution in [0.5, 0.6) is 5.75 Å². The van der Waals surface area contributed by atoms with Gasteiger partial charge in [0.25, 0.3) is 5.91 Å². The molecule has 0 spiro atoms. The summed E-state index contributed by atoms with van der Waals surface area (Å²) in [5, 5.41) is 0. The highest BCUT2D eigenvalue weighted by molar-refractivity contribution is 5.94. The molecule has 0 atom stereocenters. The van der Waals surface area contributed by atoms with Crippen molar-refractivity contribution in [2.75, 3.05) is 11.5 Å². The second kappa shape index (κ2) is 7.46. The van der Waals surface area contributed by atoms with Gasteiger partial charge in [0.05, 0.1) is 12.8 Å². The molecule has 1 heterocycles. The van der Waals surface area contributed by atoms with Crippen molar-refractivity contribution in [2.45, 2.75) is 6.54 Å². The highest BCUT2D eigenvalue weighted by Crippen LogP contribution is 2.18. The number of furan rings is 1. The third-order valence-corrected chi connectivity index (χ3v) is 3.44. The zero-order chi connectivity index (χ0) is 16.8. The van der Waals surface area contributed by atoms with Crippen LogP contribution in [0.2, 0.25) is 0 Å². The number of carbonyl (C=O) groups excluding carboxylic acids is 1. The molecule has 122 valence electrons. The zero-order valence-electron chi connectivity index (χ0n) is 12.9. The summed E-state index contributed by atoms with van der Waals surface area (Å²) >= 11 is 0. The Kier molecular flexibility index (Phi) is 4.91. The van der Waals surface area contributed by atoms with Crippen LogP contribution in [-0.2, 0) is 11.3 Å². The maximum absolute atomic E-state index is 12.9. The fraction of sp³-hybridized carbons (Fsp3) is 0.105. The molecule has 0 fully saturated rings. The van der Waals surface area contributed by atoms with Crippen molar-refractivity contribution in [1.29, 1.82) is 0 Å². The Labute approximate surface area is 139 Å². The number of hydrogen-bond donors (Lipinski definition) is 0. The predicted octanol–water partition coefficient (Wildman–Crippen LogP) is 4.03. The van der Waals surface area contributed by atoms with Gasteiger partial charge < -0.3 is 14.1 Å². The second-order valence-electron chi connectivity index (χ2n) is 5.14. The topological polar surface area (TPSA) is 42.7 Å². The SMILES string of the molecule is O=C(COc1ccc(F)cc1)N(Cc1ccco1)c1ccccc1. The van der Waals surface area contributed by atoms with Crippen LogP contribution in [-0.4, -0.2) is 12.5 Å². The summed E-state index contributed by atoms with van der Waals surface area (Å²) in [5.41, 5.74) is 0.751. The maximum atomic E-state index is 12.9. The van der Waals surface area contributed by atoms with Gasteiger partial charge in [0.1, 0.15) is 17.3 Å². The van der Waals surface area contributed by atoms with Crippen LogP contribution in [0.15, 0.2) is 77.4 Å². The van der Waals surface area contributed by atoms with Crippen molar-refractivity contribution >= 4 is 11.6 Å². The monoisotopic (exact) mass is 325 g/mol. The van der Waals surface area contributed by atoms with Gasteiger partial charge in [-0.15, -0.1) is 0 Å². The van der Waals surface area contributed by atoms with Gasteiger partial charge in [0, 0.05) is 5.69 Å². The van der Waals surface area contributed by atoms with E-state index >= 15 is 0 Å². The zero-order valence-corrected chi connectivity index (χ0v) is 12.9. The average molecular weight is 325 g/mol. The minimum atomic E-state index is -0.350. The minimum Gasteiger partial charge on any atom is -0.484 e. The Morgan fingerprint density at radius 3 is 2.42 bits per heavy atom. The van der Waals surface area contributed by atoms with Gasteiger partial charge >= 0.3 is 0 Å². The first-order valence-corrected chi connectivity index (χ1v) is 7.48. The summed E-state index contributed by atoms with van der Waals surface area (Å²) in [7, 11) is 0. The van der Waals surface area contributed by atoms with Gasteiger partial charge in [-0.2, -0.15) is 0 Å². The molecule has 0 bridgehead atoms. The van der Waals surface area contributed by atoms with Crippen LogP contribution in [0, 0.1) is 5.82 Å². The standard InChI is InChI=1S/C19H16FNO3/c20-15-8-10-17(11-9-15)24-14-19(22)21(13-18-7-4-12-23-18)16-5-2-1-3-6-16/h1-12H,13-14H2. The number of benzene rings is 2. The first-order chi connectivity index (χ1) is 11.7. The Morgan fingerprint density at radius 1 is 1.00 bits per heavy atom. The van der Waals surface area contributed by atoms with Crippen molar-refractivity contribution in [1.82, 2.24) is 0 Å². The molecule has 0 saturated heterocycles. The van der Waals surface area contributed by atoms with Crippen LogP contribution in [0.25, 0.3) is 0 Å². The number of rotatable bonds is 6. The van der Waals surface area contributed by atoms with Crippen molar-refractivity contribution < 1.29 is 18.3 Å². The lowest BCUT2D eigenvalue weighted by Crippen LogP contribution is -2.34. The summed E-state index contributed by atoms with van der Waals surface area (Å²) in [6.45, 7) is 0.157. The number of halogens is 1. The molecule has 0 N–H and O–H groups in total. The van der Waals surface area contributed by atoms with Gasteiger partial charge in [0.15, 0.2) is 6.61 Å². The number of carbonyl (C=O) groups is 1. The third-order valence-electron chi connectivity index (χ3n) is 3.44. The van der Waals surface area contributed by atoms with Gasteiger partial charge in [-0.25, -0.2) is 4.39 Å². The van der Waals surface area contributed by atoms with Gasteiger partial charge in [-0.1, -0.05) is 18.2 Å². The first-order valence-electron chi connectivity index (χ1n) is 7.48. The number of para-hydroxylation sites is 1. The van der Waals surface area contributed by atoms with E-state index in [4.69, 9.17) is 9.15 Å². The number of nitrogens with zero attached hydrogens (tertiary/aromatic N) is 1. The molecule has 0 aliphatic carbocycles. The Morgan fingerprint density at radius 2 is 1.75 bits per heavy atom. The molecule has 1 amide bonds. The average Bonchev–Trinajstić information content (AvgIpc) is 3.13. The largest absolute Gasteiger partial charge is 0.484 e. The summed E-state index contributed by atoms with van der Waals surface area (Å²) < 4.78 is 23.7. The van der Waals surface area contributed by atoms with E-state index in [1.54, 1.807) is 17.2 Å². The van der Waals surface area contributed by atoms with E-state index in [-0.39, 0.29) is 18.3 Å². The summed E-state index contributed by atoms with van der Waals surface area (Å²) in [5.74, 6) is 0.545. The lowest BCUT2D eigenvalue weighted by atomic mass is 10.2. The normalized spacial score (nSPS) is 10.4. The van der Waals surface area contributed by atoms with E-state index in [0.717, 1.165) is 5.69 Å². The molecular formula is C19H16FNO3. The highest BCUT2D eigenvalue weighted by Gasteiger charge is 2.18. The summed E-state index contributed by atoms with van der Waals surface area (Å²) in [6.07, 6.45) is 1.57. The molecule has 4 nitrogen and oxygen atoms in total. The Hall–Kier alpha value is -3.08. The Bertz CT molecular complexity index is 770. The quantitative estimate of drug-likeness (QED) is 0.687. The maximum Gasteiger partial charge on any atom is 0.265 e. The van der Waals surface area contributed by atoms with Crippen LogP contribution < -0.4 is 9.64 Å². The highest BCUT2D eigenvalue weighted by atomic mass is 19.1. The van der Waals surface area contributed by atoms with Gasteiger partial charge in [0.2, 0.25) is 0 Å². The predicted molar refractivity (Wildman–Crippen MR) is 88.2 cm³/mol. The smallest absolute Gasteiger partial charge is 0.265 e. The molecular weight excluding hydrogens is 309 g/mol. The number of amides is 1. The number of anilines is 1. The van der Waals surface area contributed by atoms with Crippen molar-refractivity contribution in [3.05, 3.63) is 84.6 Å². The van der Waals surface area contributed by atoms with Crippen LogP contribution in [0.4, 0.5) is 10.1 Å². The van der Waals surface area contributed by atoms with E-state index in [9.17, 15) is 9.18 Å². The molecule has 2 aromatic carbocycles. The molecule has 3 aromatic rings. The van der Waals surface area contributed by atoms with E-state index in [0.29, 0.717) is 18.1 Å². The van der Waals surface area contributed by atoms with Crippen LogP contribution in [0.3, 0.4) is 0 Å². The van der Waals surface area contributed by atoms with E-state index in [1.807, 2.05) is 36.4 Å². The summed E-state index contributed by atoms with van der Waals surface area (Å²) in [6, 6.07) is 18.4. The molecule has 0 aliphatic heterocycles. The fourth-order valence-corrected chi connectivity index (χ4v) is 2.24. The molecule has 1 aromatic heterocycles. The van der Waals surface area contributed by atoms with Crippen molar-refractivity contribution in [3.63, 3.8) is 0 Å². The lowest BCUT2D eigenvalue weighted by Gasteiger charge is -2.22.